The Morgan fingerprint density at radius 1 is 1.29 bits per heavy atom. The largest absolute Gasteiger partial charge is 0.491 e. The summed E-state index contributed by atoms with van der Waals surface area (Å²) in [6.07, 6.45) is 1.70. The molecule has 114 valence electrons. The first-order chi connectivity index (χ1) is 9.68. The Kier molecular flexibility index (Phi) is 4.43. The lowest BCUT2D eigenvalue weighted by Crippen LogP contribution is -2.41. The van der Waals surface area contributed by atoms with E-state index in [4.69, 9.17) is 15.0 Å². The van der Waals surface area contributed by atoms with Crippen LogP contribution in [0, 0.1) is 5.82 Å². The molecule has 0 bridgehead atoms. The third-order valence-electron chi connectivity index (χ3n) is 4.14. The SMILES string of the molecule is CC1(C)OB(C(=Cc2cccc(N)c2F)CS)OC1(C)C. The average Bonchev–Trinajstić information content (AvgIpc) is 2.60. The van der Waals surface area contributed by atoms with E-state index >= 15 is 0 Å². The molecule has 21 heavy (non-hydrogen) atoms. The molecule has 2 rings (SSSR count). The Labute approximate surface area is 131 Å². The van der Waals surface area contributed by atoms with Crippen molar-refractivity contribution in [1.29, 1.82) is 0 Å². The molecule has 1 fully saturated rings. The summed E-state index contributed by atoms with van der Waals surface area (Å²) in [5.41, 5.74) is 6.02. The van der Waals surface area contributed by atoms with Gasteiger partial charge in [-0.3, -0.25) is 0 Å². The summed E-state index contributed by atoms with van der Waals surface area (Å²) in [6, 6.07) is 4.91. The highest BCUT2D eigenvalue weighted by atomic mass is 32.1. The predicted octanol–water partition coefficient (Wildman–Crippen LogP) is 3.35. The van der Waals surface area contributed by atoms with Gasteiger partial charge in [0, 0.05) is 11.3 Å². The quantitative estimate of drug-likeness (QED) is 0.511. The van der Waals surface area contributed by atoms with Crippen LogP contribution in [0.15, 0.2) is 23.7 Å². The zero-order valence-corrected chi connectivity index (χ0v) is 13.7. The van der Waals surface area contributed by atoms with Crippen LogP contribution < -0.4 is 5.73 Å². The fraction of sp³-hybridized carbons (Fsp3) is 0.467. The minimum absolute atomic E-state index is 0.121. The molecule has 0 unspecified atom stereocenters. The normalized spacial score (nSPS) is 20.9. The van der Waals surface area contributed by atoms with E-state index in [2.05, 4.69) is 12.6 Å². The topological polar surface area (TPSA) is 44.5 Å². The van der Waals surface area contributed by atoms with E-state index in [9.17, 15) is 4.39 Å². The Morgan fingerprint density at radius 3 is 2.38 bits per heavy atom. The van der Waals surface area contributed by atoms with Gasteiger partial charge in [-0.1, -0.05) is 18.2 Å². The molecule has 0 spiro atoms. The fourth-order valence-electron chi connectivity index (χ4n) is 2.06. The van der Waals surface area contributed by atoms with Gasteiger partial charge in [-0.2, -0.15) is 12.6 Å². The number of rotatable bonds is 3. The van der Waals surface area contributed by atoms with E-state index in [0.29, 0.717) is 11.3 Å². The molecule has 0 saturated carbocycles. The van der Waals surface area contributed by atoms with Gasteiger partial charge in [-0.15, -0.1) is 0 Å². The van der Waals surface area contributed by atoms with E-state index in [1.165, 1.54) is 6.07 Å². The van der Waals surface area contributed by atoms with Gasteiger partial charge in [0.25, 0.3) is 0 Å². The van der Waals surface area contributed by atoms with Crippen molar-refractivity contribution in [3.8, 4) is 0 Å². The molecule has 2 N–H and O–H groups in total. The molecular formula is C15H21BFNO2S. The van der Waals surface area contributed by atoms with Crippen LogP contribution in [0.4, 0.5) is 10.1 Å². The molecule has 1 aliphatic heterocycles. The Bertz CT molecular complexity index is 559. The van der Waals surface area contributed by atoms with Crippen molar-refractivity contribution in [3.05, 3.63) is 35.1 Å². The van der Waals surface area contributed by atoms with E-state index in [1.54, 1.807) is 18.2 Å². The van der Waals surface area contributed by atoms with Crippen molar-refractivity contribution in [1.82, 2.24) is 0 Å². The van der Waals surface area contributed by atoms with Crippen molar-refractivity contribution in [2.45, 2.75) is 38.9 Å². The van der Waals surface area contributed by atoms with Gasteiger partial charge in [0.2, 0.25) is 0 Å². The van der Waals surface area contributed by atoms with Gasteiger partial charge < -0.3 is 15.0 Å². The molecule has 1 aromatic carbocycles. The van der Waals surface area contributed by atoms with Crippen LogP contribution >= 0.6 is 12.6 Å². The minimum atomic E-state index is -0.534. The van der Waals surface area contributed by atoms with E-state index in [-0.39, 0.29) is 5.69 Å². The van der Waals surface area contributed by atoms with Crippen LogP contribution in [-0.2, 0) is 9.31 Å². The molecular weight excluding hydrogens is 288 g/mol. The van der Waals surface area contributed by atoms with Crippen LogP contribution in [0.25, 0.3) is 6.08 Å². The molecule has 0 atom stereocenters. The van der Waals surface area contributed by atoms with Crippen LogP contribution in [0.3, 0.4) is 0 Å². The lowest BCUT2D eigenvalue weighted by Gasteiger charge is -2.32. The predicted molar refractivity (Wildman–Crippen MR) is 88.7 cm³/mol. The summed E-state index contributed by atoms with van der Waals surface area (Å²) in [5.74, 6) is -0.0290. The van der Waals surface area contributed by atoms with Crippen LogP contribution in [0.1, 0.15) is 33.3 Å². The molecule has 0 aromatic heterocycles. The maximum atomic E-state index is 14.0. The lowest BCUT2D eigenvalue weighted by molar-refractivity contribution is 0.00578. The number of benzene rings is 1. The summed E-state index contributed by atoms with van der Waals surface area (Å²) in [6.45, 7) is 7.91. The van der Waals surface area contributed by atoms with Gasteiger partial charge >= 0.3 is 7.12 Å². The van der Waals surface area contributed by atoms with Crippen molar-refractivity contribution in [2.75, 3.05) is 11.5 Å². The summed E-state index contributed by atoms with van der Waals surface area (Å²) in [5, 5.41) is 0. The molecule has 0 radical (unpaired) electrons. The molecule has 6 heteroatoms. The molecule has 1 saturated heterocycles. The zero-order valence-electron chi connectivity index (χ0n) is 12.8. The lowest BCUT2D eigenvalue weighted by atomic mass is 9.78. The van der Waals surface area contributed by atoms with E-state index < -0.39 is 24.1 Å². The summed E-state index contributed by atoms with van der Waals surface area (Å²) in [4.78, 5) is 0. The van der Waals surface area contributed by atoms with Crippen LogP contribution in [-0.4, -0.2) is 24.1 Å². The standard InChI is InChI=1S/C15H21BFNO2S/c1-14(2)15(3,4)20-16(19-14)11(9-21)8-10-6-5-7-12(18)13(10)17/h5-8,21H,9,18H2,1-4H3. The van der Waals surface area contributed by atoms with Crippen molar-refractivity contribution < 1.29 is 13.7 Å². The number of nitrogens with two attached hydrogens (primary N) is 1. The van der Waals surface area contributed by atoms with Crippen LogP contribution in [0.5, 0.6) is 0 Å². The smallest absolute Gasteiger partial charge is 0.400 e. The highest BCUT2D eigenvalue weighted by molar-refractivity contribution is 7.80. The van der Waals surface area contributed by atoms with Gasteiger partial charge in [-0.05, 0) is 39.2 Å². The maximum Gasteiger partial charge on any atom is 0.491 e. The summed E-state index contributed by atoms with van der Waals surface area (Å²) >= 11 is 4.31. The monoisotopic (exact) mass is 309 g/mol. The Balaban J connectivity index is 2.33. The fourth-order valence-corrected chi connectivity index (χ4v) is 2.30. The Morgan fingerprint density at radius 2 is 1.86 bits per heavy atom. The van der Waals surface area contributed by atoms with Crippen molar-refractivity contribution in [3.63, 3.8) is 0 Å². The number of nitrogen functional groups attached to an aromatic ring is 1. The second-order valence-corrected chi connectivity index (χ2v) is 6.53. The van der Waals surface area contributed by atoms with Gasteiger partial charge in [0.15, 0.2) is 5.82 Å². The molecule has 0 aliphatic carbocycles. The molecule has 0 amide bonds. The first-order valence-electron chi connectivity index (χ1n) is 6.89. The summed E-state index contributed by atoms with van der Waals surface area (Å²) in [7, 11) is -0.534. The van der Waals surface area contributed by atoms with E-state index in [0.717, 1.165) is 5.47 Å². The minimum Gasteiger partial charge on any atom is -0.400 e. The number of anilines is 1. The number of hydrogen-bond acceptors (Lipinski definition) is 4. The van der Waals surface area contributed by atoms with Gasteiger partial charge in [0.1, 0.15) is 0 Å². The number of thiol groups is 1. The Hall–Kier alpha value is -0.975. The third kappa shape index (κ3) is 3.12. The average molecular weight is 309 g/mol. The van der Waals surface area contributed by atoms with Crippen molar-refractivity contribution in [2.24, 2.45) is 0 Å². The highest BCUT2D eigenvalue weighted by Gasteiger charge is 2.52. The second kappa shape index (κ2) is 5.67. The first kappa shape index (κ1) is 16.4. The zero-order chi connectivity index (χ0) is 15.8. The van der Waals surface area contributed by atoms with Crippen molar-refractivity contribution >= 4 is 31.5 Å². The third-order valence-corrected chi connectivity index (χ3v) is 4.50. The molecule has 1 aliphatic rings. The summed E-state index contributed by atoms with van der Waals surface area (Å²) < 4.78 is 25.9. The van der Waals surface area contributed by atoms with Crippen LogP contribution in [0.2, 0.25) is 0 Å². The first-order valence-corrected chi connectivity index (χ1v) is 7.52. The van der Waals surface area contributed by atoms with Gasteiger partial charge in [0.05, 0.1) is 16.9 Å². The van der Waals surface area contributed by atoms with E-state index in [1.807, 2.05) is 27.7 Å². The number of halogens is 1. The molecule has 3 nitrogen and oxygen atoms in total. The highest BCUT2D eigenvalue weighted by Crippen LogP contribution is 2.39. The molecule has 1 aromatic rings. The maximum absolute atomic E-state index is 14.0. The molecule has 1 heterocycles. The second-order valence-electron chi connectivity index (χ2n) is 6.22. The number of hydrogen-bond donors (Lipinski definition) is 2. The van der Waals surface area contributed by atoms with Gasteiger partial charge in [-0.25, -0.2) is 4.39 Å².